The van der Waals surface area contributed by atoms with Gasteiger partial charge in [0, 0.05) is 13.1 Å². The van der Waals surface area contributed by atoms with E-state index in [-0.39, 0.29) is 6.61 Å². The third-order valence-corrected chi connectivity index (χ3v) is 2.77. The molecule has 1 heterocycles. The van der Waals surface area contributed by atoms with E-state index >= 15 is 0 Å². The van der Waals surface area contributed by atoms with Crippen molar-refractivity contribution >= 4 is 23.2 Å². The lowest BCUT2D eigenvalue weighted by molar-refractivity contribution is 0.189. The van der Waals surface area contributed by atoms with Crippen molar-refractivity contribution in [1.82, 2.24) is 9.88 Å². The second kappa shape index (κ2) is 7.07. The number of aromatic nitrogens is 1. The van der Waals surface area contributed by atoms with Crippen LogP contribution in [-0.2, 0) is 6.54 Å². The fraction of sp³-hybridized carbons (Fsp3) is 0.545. The molecule has 5 heteroatoms. The van der Waals surface area contributed by atoms with E-state index in [1.165, 1.54) is 0 Å². The first-order valence-electron chi connectivity index (χ1n) is 5.31. The number of rotatable bonds is 6. The van der Waals surface area contributed by atoms with Crippen LogP contribution in [0.5, 0.6) is 0 Å². The standard InChI is InChI=1S/C11H16Cl2N2O/c1-2-5-15(6-7-16)8-10-9(12)3-4-11(13)14-10/h3-4,16H,2,5-8H2,1H3. The minimum Gasteiger partial charge on any atom is -0.395 e. The van der Waals surface area contributed by atoms with E-state index in [0.717, 1.165) is 18.7 Å². The number of nitrogens with zero attached hydrogens (tertiary/aromatic N) is 2. The van der Waals surface area contributed by atoms with Crippen molar-refractivity contribution in [2.24, 2.45) is 0 Å². The lowest BCUT2D eigenvalue weighted by Gasteiger charge is -2.20. The summed E-state index contributed by atoms with van der Waals surface area (Å²) in [6.45, 7) is 4.38. The van der Waals surface area contributed by atoms with Crippen LogP contribution < -0.4 is 0 Å². The zero-order valence-corrected chi connectivity index (χ0v) is 10.8. The van der Waals surface area contributed by atoms with Crippen LogP contribution in [0.1, 0.15) is 19.0 Å². The van der Waals surface area contributed by atoms with Crippen molar-refractivity contribution < 1.29 is 5.11 Å². The molecule has 1 rings (SSSR count). The number of hydrogen-bond acceptors (Lipinski definition) is 3. The molecule has 0 atom stereocenters. The Morgan fingerprint density at radius 3 is 2.69 bits per heavy atom. The van der Waals surface area contributed by atoms with E-state index in [4.69, 9.17) is 28.3 Å². The predicted octanol–water partition coefficient (Wildman–Crippen LogP) is 2.59. The molecular weight excluding hydrogens is 247 g/mol. The average Bonchev–Trinajstić information content (AvgIpc) is 2.24. The van der Waals surface area contributed by atoms with E-state index in [0.29, 0.717) is 23.3 Å². The Labute approximate surface area is 106 Å². The van der Waals surface area contributed by atoms with E-state index in [1.807, 2.05) is 0 Å². The van der Waals surface area contributed by atoms with Crippen molar-refractivity contribution in [2.45, 2.75) is 19.9 Å². The number of pyridine rings is 1. The van der Waals surface area contributed by atoms with Gasteiger partial charge in [0.25, 0.3) is 0 Å². The monoisotopic (exact) mass is 262 g/mol. The molecule has 0 radical (unpaired) electrons. The van der Waals surface area contributed by atoms with Crippen LogP contribution >= 0.6 is 23.2 Å². The first-order valence-corrected chi connectivity index (χ1v) is 6.07. The maximum atomic E-state index is 8.94. The molecule has 0 spiro atoms. The third kappa shape index (κ3) is 4.26. The van der Waals surface area contributed by atoms with E-state index < -0.39 is 0 Å². The van der Waals surface area contributed by atoms with Crippen LogP contribution in [0, 0.1) is 0 Å². The first kappa shape index (κ1) is 13.7. The minimum atomic E-state index is 0.137. The topological polar surface area (TPSA) is 36.4 Å². The summed E-state index contributed by atoms with van der Waals surface area (Å²) >= 11 is 11.8. The largest absolute Gasteiger partial charge is 0.395 e. The predicted molar refractivity (Wildman–Crippen MR) is 66.9 cm³/mol. The quantitative estimate of drug-likeness (QED) is 0.801. The van der Waals surface area contributed by atoms with Gasteiger partial charge in [-0.05, 0) is 25.1 Å². The summed E-state index contributed by atoms with van der Waals surface area (Å²) in [6, 6.07) is 3.42. The van der Waals surface area contributed by atoms with Gasteiger partial charge in [-0.3, -0.25) is 4.90 Å². The summed E-state index contributed by atoms with van der Waals surface area (Å²) in [7, 11) is 0. The number of aliphatic hydroxyl groups excluding tert-OH is 1. The van der Waals surface area contributed by atoms with Gasteiger partial charge in [-0.2, -0.15) is 0 Å². The molecular formula is C11H16Cl2N2O. The van der Waals surface area contributed by atoms with Crippen molar-refractivity contribution in [3.63, 3.8) is 0 Å². The molecule has 1 N–H and O–H groups in total. The summed E-state index contributed by atoms with van der Waals surface area (Å²) in [5, 5.41) is 10.0. The van der Waals surface area contributed by atoms with Gasteiger partial charge in [0.15, 0.2) is 0 Å². The second-order valence-electron chi connectivity index (χ2n) is 3.56. The number of aliphatic hydroxyl groups is 1. The Hall–Kier alpha value is -0.350. The van der Waals surface area contributed by atoms with Crippen LogP contribution in [0.15, 0.2) is 12.1 Å². The summed E-state index contributed by atoms with van der Waals surface area (Å²) in [5.74, 6) is 0. The number of halogens is 2. The van der Waals surface area contributed by atoms with Crippen LogP contribution in [0.4, 0.5) is 0 Å². The van der Waals surface area contributed by atoms with E-state index in [2.05, 4.69) is 16.8 Å². The molecule has 0 amide bonds. The van der Waals surface area contributed by atoms with Crippen molar-refractivity contribution in [3.8, 4) is 0 Å². The normalized spacial score (nSPS) is 11.1. The van der Waals surface area contributed by atoms with E-state index in [9.17, 15) is 0 Å². The Bertz CT molecular complexity index is 328. The minimum absolute atomic E-state index is 0.137. The molecule has 16 heavy (non-hydrogen) atoms. The zero-order valence-electron chi connectivity index (χ0n) is 9.29. The lowest BCUT2D eigenvalue weighted by atomic mass is 10.3. The maximum Gasteiger partial charge on any atom is 0.129 e. The highest BCUT2D eigenvalue weighted by atomic mass is 35.5. The molecule has 0 aliphatic rings. The molecule has 0 aromatic carbocycles. The molecule has 0 bridgehead atoms. The summed E-state index contributed by atoms with van der Waals surface area (Å²) in [6.07, 6.45) is 1.03. The van der Waals surface area contributed by atoms with Gasteiger partial charge in [0.1, 0.15) is 5.15 Å². The highest BCUT2D eigenvalue weighted by Crippen LogP contribution is 2.18. The SMILES string of the molecule is CCCN(CCO)Cc1nc(Cl)ccc1Cl. The molecule has 0 aliphatic heterocycles. The number of hydrogen-bond donors (Lipinski definition) is 1. The Kier molecular flexibility index (Phi) is 6.06. The van der Waals surface area contributed by atoms with Crippen LogP contribution in [0.25, 0.3) is 0 Å². The van der Waals surface area contributed by atoms with Gasteiger partial charge in [0.05, 0.1) is 17.3 Å². The van der Waals surface area contributed by atoms with Gasteiger partial charge in [-0.1, -0.05) is 30.1 Å². The molecule has 0 fully saturated rings. The highest BCUT2D eigenvalue weighted by molar-refractivity contribution is 6.32. The Morgan fingerprint density at radius 2 is 2.06 bits per heavy atom. The fourth-order valence-corrected chi connectivity index (χ4v) is 1.84. The lowest BCUT2D eigenvalue weighted by Crippen LogP contribution is -2.27. The summed E-state index contributed by atoms with van der Waals surface area (Å²) in [5.41, 5.74) is 0.760. The average molecular weight is 263 g/mol. The fourth-order valence-electron chi connectivity index (χ4n) is 1.51. The molecule has 1 aromatic rings. The van der Waals surface area contributed by atoms with Gasteiger partial charge in [0.2, 0.25) is 0 Å². The smallest absolute Gasteiger partial charge is 0.129 e. The van der Waals surface area contributed by atoms with Gasteiger partial charge in [-0.25, -0.2) is 4.98 Å². The van der Waals surface area contributed by atoms with Crippen molar-refractivity contribution in [2.75, 3.05) is 19.7 Å². The van der Waals surface area contributed by atoms with Crippen molar-refractivity contribution in [1.29, 1.82) is 0 Å². The second-order valence-corrected chi connectivity index (χ2v) is 4.36. The van der Waals surface area contributed by atoms with Crippen LogP contribution in [-0.4, -0.2) is 34.7 Å². The molecule has 0 saturated carbocycles. The van der Waals surface area contributed by atoms with Crippen LogP contribution in [0.3, 0.4) is 0 Å². The van der Waals surface area contributed by atoms with Gasteiger partial charge >= 0.3 is 0 Å². The molecule has 1 aromatic heterocycles. The zero-order chi connectivity index (χ0) is 12.0. The first-order chi connectivity index (χ1) is 7.67. The van der Waals surface area contributed by atoms with Gasteiger partial charge < -0.3 is 5.11 Å². The van der Waals surface area contributed by atoms with E-state index in [1.54, 1.807) is 12.1 Å². The molecule has 0 unspecified atom stereocenters. The van der Waals surface area contributed by atoms with Crippen LogP contribution in [0.2, 0.25) is 10.2 Å². The third-order valence-electron chi connectivity index (χ3n) is 2.21. The summed E-state index contributed by atoms with van der Waals surface area (Å²) < 4.78 is 0. The Balaban J connectivity index is 2.71. The van der Waals surface area contributed by atoms with Gasteiger partial charge in [-0.15, -0.1) is 0 Å². The molecule has 3 nitrogen and oxygen atoms in total. The molecule has 0 saturated heterocycles. The Morgan fingerprint density at radius 1 is 1.31 bits per heavy atom. The highest BCUT2D eigenvalue weighted by Gasteiger charge is 2.09. The molecule has 90 valence electrons. The van der Waals surface area contributed by atoms with Crippen molar-refractivity contribution in [3.05, 3.63) is 28.0 Å². The summed E-state index contributed by atoms with van der Waals surface area (Å²) in [4.78, 5) is 6.29. The maximum absolute atomic E-state index is 8.94. The molecule has 0 aliphatic carbocycles.